The first-order valence-corrected chi connectivity index (χ1v) is 12.2. The topological polar surface area (TPSA) is 52.1 Å². The minimum Gasteiger partial charge on any atom is -0.378 e. The molecule has 3 fully saturated rings. The number of nitrogens with one attached hydrogen (secondary N) is 2. The first kappa shape index (κ1) is 26.1. The normalized spacial score (nSPS) is 24.3. The summed E-state index contributed by atoms with van der Waals surface area (Å²) in [6, 6.07) is 0. The van der Waals surface area contributed by atoms with Gasteiger partial charge in [-0.25, -0.2) is 0 Å². The standard InChI is InChI=1S/C23H45N5O.HI/c1-24-22(25-14-9-19-29-21-10-5-3-6-11-21)26-20-23(12-17-27(2)18-13-23)28-15-7-4-8-16-28;/h21H,3-20H2,1-2H3,(H2,24,25,26);1H. The highest BCUT2D eigenvalue weighted by Gasteiger charge is 2.39. The molecule has 1 saturated carbocycles. The third kappa shape index (κ3) is 8.10. The monoisotopic (exact) mass is 535 g/mol. The third-order valence-electron chi connectivity index (χ3n) is 7.27. The summed E-state index contributed by atoms with van der Waals surface area (Å²) in [7, 11) is 4.14. The molecule has 0 unspecified atom stereocenters. The fourth-order valence-electron chi connectivity index (χ4n) is 5.24. The number of ether oxygens (including phenoxy) is 1. The Labute approximate surface area is 202 Å². The van der Waals surface area contributed by atoms with E-state index >= 15 is 0 Å². The molecule has 0 spiro atoms. The number of rotatable bonds is 8. The summed E-state index contributed by atoms with van der Waals surface area (Å²) in [5, 5.41) is 7.18. The molecular weight excluding hydrogens is 489 g/mol. The van der Waals surface area contributed by atoms with Gasteiger partial charge in [-0.05, 0) is 78.2 Å². The second-order valence-electron chi connectivity index (χ2n) is 9.41. The second kappa shape index (κ2) is 14.1. The van der Waals surface area contributed by atoms with Gasteiger partial charge < -0.3 is 20.3 Å². The van der Waals surface area contributed by atoms with Crippen molar-refractivity contribution in [3.63, 3.8) is 0 Å². The largest absolute Gasteiger partial charge is 0.378 e. The molecular formula is C23H46IN5O. The molecule has 1 aliphatic carbocycles. The Hall–Kier alpha value is -0.120. The lowest BCUT2D eigenvalue weighted by molar-refractivity contribution is 0.0172. The highest BCUT2D eigenvalue weighted by atomic mass is 127. The molecule has 2 heterocycles. The van der Waals surface area contributed by atoms with Crippen LogP contribution in [0.3, 0.4) is 0 Å². The molecule has 0 bridgehead atoms. The van der Waals surface area contributed by atoms with Gasteiger partial charge in [-0.1, -0.05) is 25.7 Å². The molecule has 7 heteroatoms. The van der Waals surface area contributed by atoms with Crippen molar-refractivity contribution < 1.29 is 4.74 Å². The van der Waals surface area contributed by atoms with Gasteiger partial charge in [-0.15, -0.1) is 24.0 Å². The zero-order valence-electron chi connectivity index (χ0n) is 19.5. The number of nitrogens with zero attached hydrogens (tertiary/aromatic N) is 3. The van der Waals surface area contributed by atoms with Crippen molar-refractivity contribution in [3.8, 4) is 0 Å². The molecule has 30 heavy (non-hydrogen) atoms. The lowest BCUT2D eigenvalue weighted by Gasteiger charge is -2.50. The molecule has 176 valence electrons. The van der Waals surface area contributed by atoms with Crippen LogP contribution in [0.1, 0.15) is 70.6 Å². The summed E-state index contributed by atoms with van der Waals surface area (Å²) < 4.78 is 6.05. The predicted molar refractivity (Wildman–Crippen MR) is 137 cm³/mol. The maximum Gasteiger partial charge on any atom is 0.191 e. The predicted octanol–water partition coefficient (Wildman–Crippen LogP) is 3.46. The van der Waals surface area contributed by atoms with Crippen molar-refractivity contribution in [1.29, 1.82) is 0 Å². The van der Waals surface area contributed by atoms with Gasteiger partial charge in [-0.2, -0.15) is 0 Å². The van der Waals surface area contributed by atoms with E-state index in [1.807, 2.05) is 7.05 Å². The lowest BCUT2D eigenvalue weighted by atomic mass is 9.84. The first-order valence-electron chi connectivity index (χ1n) is 12.2. The van der Waals surface area contributed by atoms with E-state index in [4.69, 9.17) is 4.74 Å². The van der Waals surface area contributed by atoms with E-state index in [9.17, 15) is 0 Å². The zero-order valence-corrected chi connectivity index (χ0v) is 21.8. The molecule has 2 N–H and O–H groups in total. The van der Waals surface area contributed by atoms with Crippen molar-refractivity contribution in [2.24, 2.45) is 4.99 Å². The Kier molecular flexibility index (Phi) is 12.3. The SMILES string of the molecule is CN=C(NCCCOC1CCCCC1)NCC1(N2CCCCC2)CCN(C)CC1.I. The summed E-state index contributed by atoms with van der Waals surface area (Å²) in [4.78, 5) is 9.73. The number of piperidine rings is 2. The maximum absolute atomic E-state index is 6.05. The summed E-state index contributed by atoms with van der Waals surface area (Å²) >= 11 is 0. The number of aliphatic imine (C=N–C) groups is 1. The number of likely N-dealkylation sites (tertiary alicyclic amines) is 2. The minimum atomic E-state index is 0. The highest BCUT2D eigenvalue weighted by molar-refractivity contribution is 14.0. The van der Waals surface area contributed by atoms with Crippen molar-refractivity contribution in [2.45, 2.75) is 82.3 Å². The van der Waals surface area contributed by atoms with Crippen LogP contribution < -0.4 is 10.6 Å². The van der Waals surface area contributed by atoms with Crippen LogP contribution in [-0.4, -0.2) is 87.4 Å². The molecule has 0 aromatic rings. The quantitative estimate of drug-likeness (QED) is 0.216. The summed E-state index contributed by atoms with van der Waals surface area (Å²) in [6.07, 6.45) is 14.7. The lowest BCUT2D eigenvalue weighted by Crippen LogP contribution is -2.62. The van der Waals surface area contributed by atoms with Gasteiger partial charge in [0.05, 0.1) is 6.10 Å². The van der Waals surface area contributed by atoms with E-state index in [1.165, 1.54) is 90.4 Å². The second-order valence-corrected chi connectivity index (χ2v) is 9.41. The Morgan fingerprint density at radius 3 is 2.30 bits per heavy atom. The van der Waals surface area contributed by atoms with Crippen molar-refractivity contribution in [1.82, 2.24) is 20.4 Å². The van der Waals surface area contributed by atoms with Crippen LogP contribution in [0.4, 0.5) is 0 Å². The summed E-state index contributed by atoms with van der Waals surface area (Å²) in [6.45, 7) is 7.70. The van der Waals surface area contributed by atoms with E-state index in [-0.39, 0.29) is 29.5 Å². The third-order valence-corrected chi connectivity index (χ3v) is 7.27. The van der Waals surface area contributed by atoms with Gasteiger partial charge in [-0.3, -0.25) is 9.89 Å². The Morgan fingerprint density at radius 1 is 0.967 bits per heavy atom. The first-order chi connectivity index (χ1) is 14.2. The smallest absolute Gasteiger partial charge is 0.191 e. The Bertz CT molecular complexity index is 484. The van der Waals surface area contributed by atoms with Crippen molar-refractivity contribution in [3.05, 3.63) is 0 Å². The molecule has 6 nitrogen and oxygen atoms in total. The van der Waals surface area contributed by atoms with Gasteiger partial charge in [0.2, 0.25) is 0 Å². The van der Waals surface area contributed by atoms with Crippen LogP contribution in [0.5, 0.6) is 0 Å². The van der Waals surface area contributed by atoms with E-state index in [2.05, 4.69) is 32.5 Å². The molecule has 0 aromatic heterocycles. The molecule has 0 radical (unpaired) electrons. The van der Waals surface area contributed by atoms with E-state index < -0.39 is 0 Å². The molecule has 0 amide bonds. The van der Waals surface area contributed by atoms with Crippen LogP contribution >= 0.6 is 24.0 Å². The molecule has 2 saturated heterocycles. The van der Waals surface area contributed by atoms with E-state index in [0.717, 1.165) is 32.1 Å². The van der Waals surface area contributed by atoms with E-state index in [1.54, 1.807) is 0 Å². The van der Waals surface area contributed by atoms with Gasteiger partial charge in [0.1, 0.15) is 0 Å². The Balaban J connectivity index is 0.00000320. The highest BCUT2D eigenvalue weighted by Crippen LogP contribution is 2.30. The maximum atomic E-state index is 6.05. The number of hydrogen-bond acceptors (Lipinski definition) is 4. The fraction of sp³-hybridized carbons (Fsp3) is 0.957. The minimum absolute atomic E-state index is 0. The average Bonchev–Trinajstić information content (AvgIpc) is 2.78. The van der Waals surface area contributed by atoms with Crippen molar-refractivity contribution >= 4 is 29.9 Å². The van der Waals surface area contributed by atoms with Crippen LogP contribution in [0.2, 0.25) is 0 Å². The van der Waals surface area contributed by atoms with Gasteiger partial charge >= 0.3 is 0 Å². The van der Waals surface area contributed by atoms with Crippen LogP contribution in [0.25, 0.3) is 0 Å². The van der Waals surface area contributed by atoms with Gasteiger partial charge in [0.25, 0.3) is 0 Å². The molecule has 3 rings (SSSR count). The molecule has 2 aliphatic heterocycles. The molecule has 0 atom stereocenters. The molecule has 3 aliphatic rings. The zero-order chi connectivity index (χ0) is 20.4. The van der Waals surface area contributed by atoms with Crippen molar-refractivity contribution in [2.75, 3.05) is 60.0 Å². The van der Waals surface area contributed by atoms with Gasteiger partial charge in [0.15, 0.2) is 5.96 Å². The van der Waals surface area contributed by atoms with E-state index in [0.29, 0.717) is 6.10 Å². The molecule has 0 aromatic carbocycles. The van der Waals surface area contributed by atoms with Crippen LogP contribution in [-0.2, 0) is 4.74 Å². The van der Waals surface area contributed by atoms with Crippen LogP contribution in [0.15, 0.2) is 4.99 Å². The number of halogens is 1. The summed E-state index contributed by atoms with van der Waals surface area (Å²) in [5.74, 6) is 0.943. The van der Waals surface area contributed by atoms with Crippen LogP contribution in [0, 0.1) is 0 Å². The number of guanidine groups is 1. The average molecular weight is 536 g/mol. The Morgan fingerprint density at radius 2 is 1.63 bits per heavy atom. The summed E-state index contributed by atoms with van der Waals surface area (Å²) in [5.41, 5.74) is 0.286. The van der Waals surface area contributed by atoms with Gasteiger partial charge in [0, 0.05) is 32.3 Å². The number of hydrogen-bond donors (Lipinski definition) is 2. The fourth-order valence-corrected chi connectivity index (χ4v) is 5.24.